The fraction of sp³-hybridized carbons (Fsp3) is 0.914. The van der Waals surface area contributed by atoms with E-state index in [1.807, 2.05) is 27.7 Å². The maximum absolute atomic E-state index is 14.2. The number of ketones is 1. The molecule has 6 unspecified atom stereocenters. The van der Waals surface area contributed by atoms with Crippen molar-refractivity contribution < 1.29 is 38.1 Å². The summed E-state index contributed by atoms with van der Waals surface area (Å²) in [7, 11) is 5.74. The second-order valence-corrected chi connectivity index (χ2v) is 14.9. The van der Waals surface area contributed by atoms with Gasteiger partial charge in [0, 0.05) is 42.6 Å². The van der Waals surface area contributed by atoms with Crippen molar-refractivity contribution in [3.63, 3.8) is 0 Å². The molecule has 0 aliphatic carbocycles. The third-order valence-corrected chi connectivity index (χ3v) is 11.3. The van der Waals surface area contributed by atoms with Crippen LogP contribution in [-0.2, 0) is 38.1 Å². The van der Waals surface area contributed by atoms with Crippen molar-refractivity contribution in [1.82, 2.24) is 4.90 Å². The highest BCUT2D eigenvalue weighted by atomic mass is 16.7. The molecule has 258 valence electrons. The summed E-state index contributed by atoms with van der Waals surface area (Å²) in [6, 6.07) is 0.322. The Bertz CT molecular complexity index is 1040. The number of hydrogen-bond acceptors (Lipinski definition) is 10. The Morgan fingerprint density at radius 3 is 2.44 bits per heavy atom. The summed E-state index contributed by atoms with van der Waals surface area (Å²) in [4.78, 5) is 35.5. The van der Waals surface area contributed by atoms with E-state index in [1.165, 1.54) is 0 Å². The molecule has 4 aliphatic rings. The zero-order chi connectivity index (χ0) is 33.1. The molecule has 4 heterocycles. The summed E-state index contributed by atoms with van der Waals surface area (Å²) in [6.07, 6.45) is 2.90. The van der Waals surface area contributed by atoms with Gasteiger partial charge in [0.2, 0.25) is 0 Å². The van der Waals surface area contributed by atoms with Gasteiger partial charge in [0.1, 0.15) is 19.0 Å². The maximum atomic E-state index is 14.2. The molecule has 4 saturated heterocycles. The number of ether oxygens (including phenoxy) is 5. The zero-order valence-corrected chi connectivity index (χ0v) is 29.5. The Balaban J connectivity index is 1.86. The third-order valence-electron chi connectivity index (χ3n) is 11.3. The molecule has 10 nitrogen and oxygen atoms in total. The first-order chi connectivity index (χ1) is 21.3. The van der Waals surface area contributed by atoms with Gasteiger partial charge in [-0.3, -0.25) is 9.59 Å². The molecule has 0 spiro atoms. The van der Waals surface area contributed by atoms with Crippen molar-refractivity contribution in [2.75, 3.05) is 34.4 Å². The van der Waals surface area contributed by atoms with E-state index in [-0.39, 0.29) is 66.6 Å². The number of Topliss-reactive ketones (excluding diaryl/α,β-unsaturated/α-hetero) is 1. The molecule has 0 aromatic heterocycles. The minimum Gasteiger partial charge on any atom is -0.462 e. The van der Waals surface area contributed by atoms with Gasteiger partial charge in [-0.15, -0.1) is 0 Å². The Kier molecular flexibility index (Phi) is 12.5. The lowest BCUT2D eigenvalue weighted by Gasteiger charge is -2.47. The van der Waals surface area contributed by atoms with E-state index in [2.05, 4.69) is 44.9 Å². The molecule has 0 aromatic carbocycles. The molecule has 4 aliphatic heterocycles. The van der Waals surface area contributed by atoms with Crippen LogP contribution in [0.4, 0.5) is 0 Å². The van der Waals surface area contributed by atoms with Gasteiger partial charge in [0.15, 0.2) is 6.29 Å². The van der Waals surface area contributed by atoms with Crippen LogP contribution in [0.3, 0.4) is 0 Å². The molecular weight excluding hydrogens is 576 g/mol. The summed E-state index contributed by atoms with van der Waals surface area (Å²) in [5.41, 5.74) is -0.0830. The van der Waals surface area contributed by atoms with Crippen molar-refractivity contribution in [2.45, 2.75) is 136 Å². The number of cyclic esters (lactones) is 1. The number of oxime groups is 1. The van der Waals surface area contributed by atoms with Gasteiger partial charge < -0.3 is 33.4 Å². The monoisotopic (exact) mass is 636 g/mol. The largest absolute Gasteiger partial charge is 0.462 e. The van der Waals surface area contributed by atoms with Crippen LogP contribution in [0, 0.1) is 35.5 Å². The predicted octanol–water partition coefficient (Wildman–Crippen LogP) is 5.26. The molecule has 13 atom stereocenters. The number of fused-ring (bicyclic) bond motifs is 7. The standard InChI is InChI=1S/C35H60N2O8/c1-11-29-23(5)33-24(6)32(39)20(2)17-35(7)34(45-31-16-27(37(8)9)14-21(3)43-31)22(4)25(15-30(38)44-29)12-13-26(18-42-35)28(19-41-33)36-40-10/h20-27,29,31,33-34H,11-19H2,1-10H3/b36-28-/t20-,21?,22+,23+,24?,25-,26?,27?,29-,31?,33?,34-,35+/m1/s1. The smallest absolute Gasteiger partial charge is 0.306 e. The number of rotatable bonds is 5. The first-order valence-corrected chi connectivity index (χ1v) is 17.3. The summed E-state index contributed by atoms with van der Waals surface area (Å²) >= 11 is 0. The second-order valence-electron chi connectivity index (χ2n) is 14.9. The minimum absolute atomic E-state index is 0.0416. The molecule has 0 N–H and O–H groups in total. The molecule has 0 amide bonds. The van der Waals surface area contributed by atoms with Crippen LogP contribution in [0.2, 0.25) is 0 Å². The van der Waals surface area contributed by atoms with E-state index >= 15 is 0 Å². The summed E-state index contributed by atoms with van der Waals surface area (Å²) in [5.74, 6) is -1.26. The predicted molar refractivity (Wildman–Crippen MR) is 172 cm³/mol. The van der Waals surface area contributed by atoms with E-state index < -0.39 is 30.0 Å². The van der Waals surface area contributed by atoms with Crippen molar-refractivity contribution in [1.29, 1.82) is 0 Å². The molecule has 4 bridgehead atoms. The lowest BCUT2D eigenvalue weighted by Crippen LogP contribution is -2.55. The lowest BCUT2D eigenvalue weighted by atomic mass is 9.73. The van der Waals surface area contributed by atoms with Crippen LogP contribution in [0.15, 0.2) is 5.16 Å². The van der Waals surface area contributed by atoms with Crippen molar-refractivity contribution in [3.8, 4) is 0 Å². The highest BCUT2D eigenvalue weighted by molar-refractivity contribution is 5.88. The Morgan fingerprint density at radius 1 is 1.04 bits per heavy atom. The fourth-order valence-electron chi connectivity index (χ4n) is 8.47. The fourth-order valence-corrected chi connectivity index (χ4v) is 8.47. The average Bonchev–Trinajstić information content (AvgIpc) is 3.03. The molecular formula is C35H60N2O8. The van der Waals surface area contributed by atoms with Gasteiger partial charge in [0.25, 0.3) is 0 Å². The van der Waals surface area contributed by atoms with E-state index in [9.17, 15) is 9.59 Å². The van der Waals surface area contributed by atoms with Gasteiger partial charge in [-0.05, 0) is 71.9 Å². The van der Waals surface area contributed by atoms with Crippen LogP contribution in [0.1, 0.15) is 93.4 Å². The lowest BCUT2D eigenvalue weighted by molar-refractivity contribution is -0.270. The number of carbonyl (C=O) groups excluding carboxylic acids is 2. The van der Waals surface area contributed by atoms with E-state index in [1.54, 1.807) is 7.11 Å². The van der Waals surface area contributed by atoms with Crippen LogP contribution >= 0.6 is 0 Å². The average molecular weight is 637 g/mol. The van der Waals surface area contributed by atoms with Crippen LogP contribution < -0.4 is 0 Å². The molecule has 0 aromatic rings. The molecule has 0 radical (unpaired) electrons. The van der Waals surface area contributed by atoms with Crippen LogP contribution in [0.25, 0.3) is 0 Å². The first-order valence-electron chi connectivity index (χ1n) is 17.3. The SMILES string of the molecule is CC[C@H]1OC(=O)C[C@H]2CCC3CO[C@@](C)(C[C@@H](C)C(=O)C(C)C(OC/C3=N/OC)[C@H]1C)[C@H](OC1CC(N(C)C)CC(C)O1)[C@H]2C. The van der Waals surface area contributed by atoms with Crippen molar-refractivity contribution in [2.24, 2.45) is 40.7 Å². The summed E-state index contributed by atoms with van der Waals surface area (Å²) in [6.45, 7) is 14.9. The van der Waals surface area contributed by atoms with Gasteiger partial charge in [-0.25, -0.2) is 0 Å². The van der Waals surface area contributed by atoms with Gasteiger partial charge in [-0.1, -0.05) is 39.8 Å². The quantitative estimate of drug-likeness (QED) is 0.295. The van der Waals surface area contributed by atoms with Crippen LogP contribution in [-0.4, -0.2) is 99.1 Å². The molecule has 10 heteroatoms. The molecule has 0 saturated carbocycles. The summed E-state index contributed by atoms with van der Waals surface area (Å²) in [5, 5.41) is 4.45. The highest BCUT2D eigenvalue weighted by Gasteiger charge is 2.49. The summed E-state index contributed by atoms with van der Waals surface area (Å²) < 4.78 is 33.2. The van der Waals surface area contributed by atoms with Crippen LogP contribution in [0.5, 0.6) is 0 Å². The topological polar surface area (TPSA) is 105 Å². The van der Waals surface area contributed by atoms with Crippen molar-refractivity contribution >= 4 is 17.5 Å². The highest BCUT2D eigenvalue weighted by Crippen LogP contribution is 2.43. The molecule has 4 rings (SSSR count). The Morgan fingerprint density at radius 2 is 1.78 bits per heavy atom. The second kappa shape index (κ2) is 15.5. The number of hydrogen-bond donors (Lipinski definition) is 0. The van der Waals surface area contributed by atoms with Crippen molar-refractivity contribution in [3.05, 3.63) is 0 Å². The normalized spacial score (nSPS) is 44.9. The van der Waals surface area contributed by atoms with E-state index in [0.29, 0.717) is 25.5 Å². The van der Waals surface area contributed by atoms with Gasteiger partial charge in [-0.2, -0.15) is 0 Å². The molecule has 45 heavy (non-hydrogen) atoms. The zero-order valence-electron chi connectivity index (χ0n) is 29.5. The number of esters is 1. The van der Waals surface area contributed by atoms with E-state index in [4.69, 9.17) is 28.5 Å². The Hall–Kier alpha value is -1.59. The Labute approximate surface area is 271 Å². The third kappa shape index (κ3) is 8.47. The minimum atomic E-state index is -0.841. The van der Waals surface area contributed by atoms with Gasteiger partial charge >= 0.3 is 5.97 Å². The first kappa shape index (κ1) is 36.2. The maximum Gasteiger partial charge on any atom is 0.306 e. The number of nitrogens with zero attached hydrogens (tertiary/aromatic N) is 2. The van der Waals surface area contributed by atoms with Gasteiger partial charge in [0.05, 0.1) is 42.8 Å². The van der Waals surface area contributed by atoms with E-state index in [0.717, 1.165) is 31.4 Å². The number of carbonyl (C=O) groups is 2. The molecule has 4 fully saturated rings.